The monoisotopic (exact) mass is 241 g/mol. The van der Waals surface area contributed by atoms with Crippen LogP contribution in [-0.4, -0.2) is 16.6 Å². The Hall–Kier alpha value is -1.61. The molecule has 0 radical (unpaired) electrons. The second-order valence-electron chi connectivity index (χ2n) is 5.01. The molecule has 3 nitrogen and oxygen atoms in total. The van der Waals surface area contributed by atoms with E-state index in [0.717, 1.165) is 6.54 Å². The molecule has 2 heterocycles. The lowest BCUT2D eigenvalue weighted by molar-refractivity contribution is 0.498. The van der Waals surface area contributed by atoms with Crippen LogP contribution in [0.3, 0.4) is 0 Å². The van der Waals surface area contributed by atoms with Crippen molar-refractivity contribution in [2.75, 3.05) is 7.05 Å². The van der Waals surface area contributed by atoms with Gasteiger partial charge >= 0.3 is 0 Å². The van der Waals surface area contributed by atoms with Gasteiger partial charge in [-0.1, -0.05) is 6.07 Å². The third kappa shape index (κ3) is 2.18. The molecule has 0 aromatic carbocycles. The Labute approximate surface area is 108 Å². The predicted molar refractivity (Wildman–Crippen MR) is 72.5 cm³/mol. The molecule has 3 heteroatoms. The van der Waals surface area contributed by atoms with Crippen molar-refractivity contribution in [2.45, 2.75) is 31.8 Å². The molecule has 18 heavy (non-hydrogen) atoms. The van der Waals surface area contributed by atoms with Crippen molar-refractivity contribution >= 4 is 0 Å². The lowest BCUT2D eigenvalue weighted by Crippen LogP contribution is -2.20. The fraction of sp³-hybridized carbons (Fsp3) is 0.400. The molecule has 1 atom stereocenters. The molecule has 1 aliphatic carbocycles. The summed E-state index contributed by atoms with van der Waals surface area (Å²) in [6, 6.07) is 4.65. The molecule has 2 aromatic rings. The highest BCUT2D eigenvalue weighted by Crippen LogP contribution is 2.30. The lowest BCUT2D eigenvalue weighted by Gasteiger charge is -2.21. The van der Waals surface area contributed by atoms with Crippen LogP contribution in [0.4, 0.5) is 0 Å². The third-order valence-electron chi connectivity index (χ3n) is 3.75. The molecule has 0 aliphatic heterocycles. The van der Waals surface area contributed by atoms with Crippen molar-refractivity contribution < 1.29 is 0 Å². The highest BCUT2D eigenvalue weighted by atomic mass is 15.0. The van der Waals surface area contributed by atoms with Crippen LogP contribution in [0.5, 0.6) is 0 Å². The Balaban J connectivity index is 1.84. The van der Waals surface area contributed by atoms with Gasteiger partial charge in [-0.15, -0.1) is 0 Å². The van der Waals surface area contributed by atoms with E-state index in [1.165, 1.54) is 36.0 Å². The van der Waals surface area contributed by atoms with Gasteiger partial charge in [0.05, 0.1) is 0 Å². The Bertz CT molecular complexity index is 516. The molecule has 0 spiro atoms. The van der Waals surface area contributed by atoms with Crippen LogP contribution in [0.15, 0.2) is 36.9 Å². The van der Waals surface area contributed by atoms with E-state index in [0.29, 0.717) is 6.04 Å². The van der Waals surface area contributed by atoms with Gasteiger partial charge in [0.15, 0.2) is 0 Å². The van der Waals surface area contributed by atoms with E-state index < -0.39 is 0 Å². The second-order valence-corrected chi connectivity index (χ2v) is 5.01. The number of aromatic nitrogens is 2. The molecular weight excluding hydrogens is 222 g/mol. The first kappa shape index (κ1) is 11.5. The molecule has 0 amide bonds. The van der Waals surface area contributed by atoms with Crippen LogP contribution in [0, 0.1) is 0 Å². The van der Waals surface area contributed by atoms with Gasteiger partial charge in [0, 0.05) is 37.4 Å². The minimum atomic E-state index is 0.531. The van der Waals surface area contributed by atoms with Gasteiger partial charge in [-0.25, -0.2) is 0 Å². The van der Waals surface area contributed by atoms with E-state index in [2.05, 4.69) is 40.4 Å². The lowest BCUT2D eigenvalue weighted by atomic mass is 9.91. The maximum atomic E-state index is 4.17. The minimum absolute atomic E-state index is 0.531. The summed E-state index contributed by atoms with van der Waals surface area (Å²) in [5.74, 6) is 0. The van der Waals surface area contributed by atoms with Gasteiger partial charge in [0.25, 0.3) is 0 Å². The Kier molecular flexibility index (Phi) is 3.15. The molecule has 0 saturated carbocycles. The smallest absolute Gasteiger partial charge is 0.0485 e. The third-order valence-corrected chi connectivity index (χ3v) is 3.75. The van der Waals surface area contributed by atoms with Crippen molar-refractivity contribution in [3.05, 3.63) is 53.6 Å². The summed E-state index contributed by atoms with van der Waals surface area (Å²) in [5, 5.41) is 3.41. The number of rotatable bonds is 3. The zero-order valence-corrected chi connectivity index (χ0v) is 10.8. The van der Waals surface area contributed by atoms with E-state index in [4.69, 9.17) is 0 Å². The van der Waals surface area contributed by atoms with Gasteiger partial charge in [0.1, 0.15) is 0 Å². The number of nitrogens with one attached hydrogen (secondary N) is 1. The highest BCUT2D eigenvalue weighted by molar-refractivity contribution is 5.30. The van der Waals surface area contributed by atoms with Gasteiger partial charge in [-0.05, 0) is 49.1 Å². The van der Waals surface area contributed by atoms with Crippen LogP contribution < -0.4 is 5.32 Å². The first-order valence-electron chi connectivity index (χ1n) is 6.61. The first-order chi connectivity index (χ1) is 8.86. The topological polar surface area (TPSA) is 29.9 Å². The number of aryl methyl sites for hydroxylation is 1. The van der Waals surface area contributed by atoms with Crippen LogP contribution in [0.25, 0.3) is 0 Å². The summed E-state index contributed by atoms with van der Waals surface area (Å²) in [7, 11) is 2.05. The highest BCUT2D eigenvalue weighted by Gasteiger charge is 2.20. The molecule has 1 N–H and O–H groups in total. The van der Waals surface area contributed by atoms with E-state index in [-0.39, 0.29) is 0 Å². The molecule has 1 aliphatic rings. The Morgan fingerprint density at radius 3 is 3.17 bits per heavy atom. The van der Waals surface area contributed by atoms with Crippen molar-refractivity contribution in [3.8, 4) is 0 Å². The maximum absolute atomic E-state index is 4.17. The van der Waals surface area contributed by atoms with Gasteiger partial charge < -0.3 is 9.88 Å². The average Bonchev–Trinajstić information content (AvgIpc) is 2.82. The van der Waals surface area contributed by atoms with Crippen LogP contribution in [0.1, 0.15) is 35.6 Å². The summed E-state index contributed by atoms with van der Waals surface area (Å²) in [6.07, 6.45) is 12.1. The second kappa shape index (κ2) is 4.94. The summed E-state index contributed by atoms with van der Waals surface area (Å²) in [5.41, 5.74) is 4.24. The van der Waals surface area contributed by atoms with Gasteiger partial charge in [-0.2, -0.15) is 0 Å². The van der Waals surface area contributed by atoms with E-state index in [1.54, 1.807) is 0 Å². The Morgan fingerprint density at radius 1 is 1.44 bits per heavy atom. The first-order valence-corrected chi connectivity index (χ1v) is 6.61. The zero-order chi connectivity index (χ0) is 12.4. The SMILES string of the molecule is CNC1CCCc2cn(Cc3cccnc3)cc21. The van der Waals surface area contributed by atoms with Crippen molar-refractivity contribution in [3.63, 3.8) is 0 Å². The molecular formula is C15H19N3. The van der Waals surface area contributed by atoms with Crippen LogP contribution in [-0.2, 0) is 13.0 Å². The van der Waals surface area contributed by atoms with Crippen LogP contribution in [0.2, 0.25) is 0 Å². The molecule has 0 bridgehead atoms. The summed E-state index contributed by atoms with van der Waals surface area (Å²) < 4.78 is 2.29. The fourth-order valence-electron chi connectivity index (χ4n) is 2.84. The average molecular weight is 241 g/mol. The molecule has 0 fully saturated rings. The van der Waals surface area contributed by atoms with Crippen molar-refractivity contribution in [1.82, 2.24) is 14.9 Å². The van der Waals surface area contributed by atoms with Gasteiger partial charge in [0.2, 0.25) is 0 Å². The number of pyridine rings is 1. The zero-order valence-electron chi connectivity index (χ0n) is 10.8. The number of hydrogen-bond donors (Lipinski definition) is 1. The van der Waals surface area contributed by atoms with E-state index >= 15 is 0 Å². The molecule has 3 rings (SSSR count). The van der Waals surface area contributed by atoms with E-state index in [9.17, 15) is 0 Å². The molecule has 94 valence electrons. The number of hydrogen-bond acceptors (Lipinski definition) is 2. The van der Waals surface area contributed by atoms with Crippen molar-refractivity contribution in [1.29, 1.82) is 0 Å². The predicted octanol–water partition coefficient (Wildman–Crippen LogP) is 2.53. The van der Waals surface area contributed by atoms with Gasteiger partial charge in [-0.3, -0.25) is 4.98 Å². The van der Waals surface area contributed by atoms with E-state index in [1.807, 2.05) is 18.5 Å². The molecule has 2 aromatic heterocycles. The van der Waals surface area contributed by atoms with Crippen LogP contribution >= 0.6 is 0 Å². The fourth-order valence-corrected chi connectivity index (χ4v) is 2.84. The number of fused-ring (bicyclic) bond motifs is 1. The molecule has 0 saturated heterocycles. The molecule has 1 unspecified atom stereocenters. The quantitative estimate of drug-likeness (QED) is 0.895. The van der Waals surface area contributed by atoms with Crippen molar-refractivity contribution in [2.24, 2.45) is 0 Å². The largest absolute Gasteiger partial charge is 0.349 e. The number of nitrogens with zero attached hydrogens (tertiary/aromatic N) is 2. The minimum Gasteiger partial charge on any atom is -0.349 e. The summed E-state index contributed by atoms with van der Waals surface area (Å²) >= 11 is 0. The Morgan fingerprint density at radius 2 is 2.39 bits per heavy atom. The summed E-state index contributed by atoms with van der Waals surface area (Å²) in [6.45, 7) is 0.914. The normalized spacial score (nSPS) is 18.6. The maximum Gasteiger partial charge on any atom is 0.0485 e. The summed E-state index contributed by atoms with van der Waals surface area (Å²) in [4.78, 5) is 4.17. The standard InChI is InChI=1S/C15H19N3/c1-16-15-6-2-5-13-10-18(11-14(13)15)9-12-4-3-7-17-8-12/h3-4,7-8,10-11,15-16H,2,5-6,9H2,1H3.